The van der Waals surface area contributed by atoms with Gasteiger partial charge in [0.15, 0.2) is 5.17 Å². The lowest BCUT2D eigenvalue weighted by Crippen LogP contribution is -2.53. The first kappa shape index (κ1) is 22.1. The molecule has 2 N–H and O–H groups in total. The molecule has 1 saturated carbocycles. The van der Waals surface area contributed by atoms with Gasteiger partial charge in [-0.25, -0.2) is 5.43 Å². The summed E-state index contributed by atoms with van der Waals surface area (Å²) in [6.07, 6.45) is 7.40. The summed E-state index contributed by atoms with van der Waals surface area (Å²) in [5.74, 6) is -0.736. The van der Waals surface area contributed by atoms with Crippen LogP contribution < -0.4 is 10.7 Å². The molecule has 29 heavy (non-hydrogen) atoms. The molecule has 0 aromatic carbocycles. The van der Waals surface area contributed by atoms with E-state index in [9.17, 15) is 14.4 Å². The summed E-state index contributed by atoms with van der Waals surface area (Å²) in [5.41, 5.74) is 2.39. The molecule has 2 saturated heterocycles. The van der Waals surface area contributed by atoms with Gasteiger partial charge in [-0.2, -0.15) is 0 Å². The number of rotatable bonds is 6. The molecule has 2 heterocycles. The number of carbonyl (C=O) groups excluding carboxylic acids is 3. The minimum absolute atomic E-state index is 0.0699. The Labute approximate surface area is 176 Å². The minimum Gasteiger partial charge on any atom is -0.381 e. The summed E-state index contributed by atoms with van der Waals surface area (Å²) >= 11 is 1.54. The number of amidine groups is 1. The third-order valence-electron chi connectivity index (χ3n) is 6.00. The quantitative estimate of drug-likeness (QED) is 0.381. The Morgan fingerprint density at radius 3 is 2.41 bits per heavy atom. The highest BCUT2D eigenvalue weighted by Gasteiger charge is 2.36. The van der Waals surface area contributed by atoms with Crippen molar-refractivity contribution in [2.75, 3.05) is 32.6 Å². The van der Waals surface area contributed by atoms with Crippen molar-refractivity contribution in [2.45, 2.75) is 57.4 Å². The normalized spacial score (nSPS) is 24.2. The Bertz CT molecular complexity index is 628. The highest BCUT2D eigenvalue weighted by Crippen LogP contribution is 2.25. The third kappa shape index (κ3) is 6.18. The number of amides is 2. The molecule has 9 heteroatoms. The van der Waals surface area contributed by atoms with Gasteiger partial charge in [0.05, 0.1) is 0 Å². The average Bonchev–Trinajstić information content (AvgIpc) is 2.97. The summed E-state index contributed by atoms with van der Waals surface area (Å²) in [6, 6.07) is -0.816. The number of Topliss-reactive ketones (excluding diaryl/α,β-unsaturated/α-hetero) is 1. The van der Waals surface area contributed by atoms with E-state index in [1.807, 2.05) is 11.9 Å². The highest BCUT2D eigenvalue weighted by atomic mass is 32.2. The minimum atomic E-state index is -0.816. The first-order chi connectivity index (χ1) is 14.1. The van der Waals surface area contributed by atoms with Gasteiger partial charge < -0.3 is 15.0 Å². The van der Waals surface area contributed by atoms with Gasteiger partial charge in [-0.1, -0.05) is 37.4 Å². The van der Waals surface area contributed by atoms with Crippen molar-refractivity contribution >= 4 is 34.5 Å². The lowest BCUT2D eigenvalue weighted by Gasteiger charge is -2.30. The average molecular weight is 425 g/mol. The molecule has 3 fully saturated rings. The maximum absolute atomic E-state index is 13.0. The van der Waals surface area contributed by atoms with E-state index in [0.29, 0.717) is 31.2 Å². The second-order valence-electron chi connectivity index (χ2n) is 8.09. The van der Waals surface area contributed by atoms with Crippen LogP contribution in [0.5, 0.6) is 0 Å². The van der Waals surface area contributed by atoms with Gasteiger partial charge in [0, 0.05) is 38.5 Å². The van der Waals surface area contributed by atoms with E-state index < -0.39 is 17.7 Å². The van der Waals surface area contributed by atoms with Crippen LogP contribution in [0.1, 0.15) is 51.4 Å². The van der Waals surface area contributed by atoms with E-state index in [2.05, 4.69) is 15.8 Å². The van der Waals surface area contributed by atoms with Crippen molar-refractivity contribution in [2.24, 2.45) is 16.9 Å². The number of thioether (sulfide) groups is 1. The topological polar surface area (TPSA) is 100 Å². The van der Waals surface area contributed by atoms with Gasteiger partial charge in [-0.05, 0) is 31.6 Å². The van der Waals surface area contributed by atoms with Gasteiger partial charge >= 0.3 is 5.91 Å². The zero-order valence-corrected chi connectivity index (χ0v) is 18.0. The van der Waals surface area contributed by atoms with Crippen LogP contribution in [0.25, 0.3) is 0 Å². The zero-order chi connectivity index (χ0) is 20.6. The summed E-state index contributed by atoms with van der Waals surface area (Å²) in [4.78, 5) is 40.3. The van der Waals surface area contributed by atoms with Crippen molar-refractivity contribution < 1.29 is 19.1 Å². The van der Waals surface area contributed by atoms with E-state index in [-0.39, 0.29) is 17.7 Å². The molecule has 3 aliphatic rings. The molecule has 2 aliphatic heterocycles. The molecule has 1 aliphatic carbocycles. The fraction of sp³-hybridized carbons (Fsp3) is 0.800. The predicted molar refractivity (Wildman–Crippen MR) is 112 cm³/mol. The first-order valence-corrected chi connectivity index (χ1v) is 11.7. The first-order valence-electron chi connectivity index (χ1n) is 10.7. The maximum Gasteiger partial charge on any atom is 0.309 e. The third-order valence-corrected chi connectivity index (χ3v) is 7.05. The van der Waals surface area contributed by atoms with Gasteiger partial charge in [-0.15, -0.1) is 5.10 Å². The van der Waals surface area contributed by atoms with Gasteiger partial charge in [0.2, 0.25) is 11.7 Å². The molecule has 0 spiro atoms. The van der Waals surface area contributed by atoms with Gasteiger partial charge in [0.1, 0.15) is 6.04 Å². The number of hydrazone groups is 1. The van der Waals surface area contributed by atoms with Crippen LogP contribution >= 0.6 is 11.8 Å². The number of hydrogen-bond donors (Lipinski definition) is 2. The molecular weight excluding hydrogens is 392 g/mol. The van der Waals surface area contributed by atoms with Crippen LogP contribution in [0, 0.1) is 11.8 Å². The number of hydrogen-bond acceptors (Lipinski definition) is 6. The second kappa shape index (κ2) is 11.0. The molecule has 0 aromatic rings. The van der Waals surface area contributed by atoms with Crippen molar-refractivity contribution in [3.8, 4) is 0 Å². The molecule has 8 nitrogen and oxygen atoms in total. The lowest BCUT2D eigenvalue weighted by molar-refractivity contribution is -0.142. The van der Waals surface area contributed by atoms with Crippen LogP contribution in [0.4, 0.5) is 0 Å². The van der Waals surface area contributed by atoms with Gasteiger partial charge in [-0.3, -0.25) is 14.4 Å². The Morgan fingerprint density at radius 2 is 1.79 bits per heavy atom. The molecule has 2 amide bonds. The SMILES string of the molecule is CN1CCS/C1=N/NC(=O)C(=O)C(NC(=O)C1CCCCCC1)C1CCOCC1. The predicted octanol–water partition coefficient (Wildman–Crippen LogP) is 1.50. The van der Waals surface area contributed by atoms with E-state index in [0.717, 1.165) is 50.8 Å². The van der Waals surface area contributed by atoms with E-state index >= 15 is 0 Å². The molecule has 0 radical (unpaired) electrons. The second-order valence-corrected chi connectivity index (χ2v) is 9.16. The molecule has 0 aromatic heterocycles. The summed E-state index contributed by atoms with van der Waals surface area (Å²) in [5, 5.41) is 7.71. The van der Waals surface area contributed by atoms with Crippen LogP contribution in [-0.4, -0.2) is 66.3 Å². The van der Waals surface area contributed by atoms with E-state index in [1.54, 1.807) is 0 Å². The Balaban J connectivity index is 1.65. The molecule has 1 atom stereocenters. The number of ketones is 1. The number of nitrogens with one attached hydrogen (secondary N) is 2. The number of carbonyl (C=O) groups is 3. The fourth-order valence-corrected chi connectivity index (χ4v) is 5.12. The van der Waals surface area contributed by atoms with Crippen molar-refractivity contribution in [3.63, 3.8) is 0 Å². The van der Waals surface area contributed by atoms with Crippen molar-refractivity contribution in [1.82, 2.24) is 15.6 Å². The Hall–Kier alpha value is -1.61. The summed E-state index contributed by atoms with van der Waals surface area (Å²) in [6.45, 7) is 1.94. The standard InChI is InChI=1S/C20H32N4O4S/c1-24-10-13-29-20(24)23-22-19(27)17(25)16(14-8-11-28-12-9-14)21-18(26)15-6-4-2-3-5-7-15/h14-16H,2-13H2,1H3,(H,21,26)(H,22,27)/b23-20+. The van der Waals surface area contributed by atoms with Crippen LogP contribution in [0.15, 0.2) is 5.10 Å². The lowest BCUT2D eigenvalue weighted by atomic mass is 9.87. The largest absolute Gasteiger partial charge is 0.381 e. The number of ether oxygens (including phenoxy) is 1. The molecule has 162 valence electrons. The molecule has 0 bridgehead atoms. The summed E-state index contributed by atoms with van der Waals surface area (Å²) in [7, 11) is 1.89. The summed E-state index contributed by atoms with van der Waals surface area (Å²) < 4.78 is 5.40. The Kier molecular flexibility index (Phi) is 8.35. The van der Waals surface area contributed by atoms with E-state index in [4.69, 9.17) is 4.74 Å². The molecule has 3 rings (SSSR count). The molecule has 1 unspecified atom stereocenters. The van der Waals surface area contributed by atoms with Crippen LogP contribution in [-0.2, 0) is 19.1 Å². The Morgan fingerprint density at radius 1 is 1.10 bits per heavy atom. The van der Waals surface area contributed by atoms with Crippen LogP contribution in [0.3, 0.4) is 0 Å². The van der Waals surface area contributed by atoms with E-state index in [1.165, 1.54) is 11.8 Å². The van der Waals surface area contributed by atoms with Crippen molar-refractivity contribution in [1.29, 1.82) is 0 Å². The monoisotopic (exact) mass is 424 g/mol. The van der Waals surface area contributed by atoms with Crippen LogP contribution in [0.2, 0.25) is 0 Å². The zero-order valence-electron chi connectivity index (χ0n) is 17.2. The fourth-order valence-electron chi connectivity index (χ4n) is 4.15. The number of nitrogens with zero attached hydrogens (tertiary/aromatic N) is 2. The highest BCUT2D eigenvalue weighted by molar-refractivity contribution is 8.14. The maximum atomic E-state index is 13.0. The smallest absolute Gasteiger partial charge is 0.309 e. The van der Waals surface area contributed by atoms with Crippen molar-refractivity contribution in [3.05, 3.63) is 0 Å². The van der Waals surface area contributed by atoms with Gasteiger partial charge in [0.25, 0.3) is 0 Å². The molecular formula is C20H32N4O4S.